The van der Waals surface area contributed by atoms with Crippen LogP contribution in [0, 0.1) is 5.92 Å². The van der Waals surface area contributed by atoms with E-state index < -0.39 is 0 Å². The number of hydrogen-bond acceptors (Lipinski definition) is 3. The molecular weight excluding hydrogens is 252 g/mol. The third-order valence-electron chi connectivity index (χ3n) is 4.09. The minimum Gasteiger partial charge on any atom is -0.356 e. The van der Waals surface area contributed by atoms with Crippen LogP contribution in [0.15, 0.2) is 0 Å². The Hall–Kier alpha value is -1.36. The fourth-order valence-corrected chi connectivity index (χ4v) is 2.98. The van der Waals surface area contributed by atoms with Gasteiger partial charge in [0, 0.05) is 44.5 Å². The Balaban J connectivity index is 1.97. The van der Waals surface area contributed by atoms with E-state index in [-0.39, 0.29) is 11.8 Å². The summed E-state index contributed by atoms with van der Waals surface area (Å²) in [6.45, 7) is 9.67. The van der Waals surface area contributed by atoms with E-state index in [9.17, 15) is 4.79 Å². The van der Waals surface area contributed by atoms with E-state index in [1.807, 2.05) is 18.7 Å². The zero-order chi connectivity index (χ0) is 14.7. The Morgan fingerprint density at radius 1 is 1.30 bits per heavy atom. The van der Waals surface area contributed by atoms with Gasteiger partial charge in [0.2, 0.25) is 5.91 Å². The van der Waals surface area contributed by atoms with Gasteiger partial charge < -0.3 is 5.32 Å². The Labute approximate surface area is 121 Å². The van der Waals surface area contributed by atoms with E-state index >= 15 is 0 Å². The molecule has 0 unspecified atom stereocenters. The van der Waals surface area contributed by atoms with Crippen molar-refractivity contribution in [3.63, 3.8) is 0 Å². The average Bonchev–Trinajstić information content (AvgIpc) is 2.68. The molecule has 1 aromatic heterocycles. The Morgan fingerprint density at radius 3 is 2.55 bits per heavy atom. The van der Waals surface area contributed by atoms with Crippen LogP contribution in [0.2, 0.25) is 0 Å². The van der Waals surface area contributed by atoms with Crippen LogP contribution >= 0.6 is 0 Å². The van der Waals surface area contributed by atoms with Crippen LogP contribution in [0.3, 0.4) is 0 Å². The van der Waals surface area contributed by atoms with E-state index in [0.29, 0.717) is 0 Å². The van der Waals surface area contributed by atoms with Gasteiger partial charge in [-0.05, 0) is 19.8 Å². The molecule has 112 valence electrons. The molecular formula is C15H26N4O. The van der Waals surface area contributed by atoms with Gasteiger partial charge in [-0.2, -0.15) is 5.10 Å². The number of nitrogens with one attached hydrogen (secondary N) is 1. The number of aromatic nitrogens is 2. The molecule has 2 heterocycles. The predicted octanol–water partition coefficient (Wildman–Crippen LogP) is 1.11. The Morgan fingerprint density at radius 2 is 2.00 bits per heavy atom. The third-order valence-corrected chi connectivity index (χ3v) is 4.09. The Bertz CT molecular complexity index is 474. The van der Waals surface area contributed by atoms with Gasteiger partial charge in [-0.1, -0.05) is 13.8 Å². The fourth-order valence-electron chi connectivity index (χ4n) is 2.98. The number of hydrogen-bond donors (Lipinski definition) is 1. The highest BCUT2D eigenvalue weighted by molar-refractivity contribution is 5.79. The van der Waals surface area contributed by atoms with Crippen LogP contribution in [0.25, 0.3) is 0 Å². The zero-order valence-electron chi connectivity index (χ0n) is 13.1. The maximum atomic E-state index is 11.7. The topological polar surface area (TPSA) is 50.2 Å². The highest BCUT2D eigenvalue weighted by Crippen LogP contribution is 2.23. The highest BCUT2D eigenvalue weighted by atomic mass is 16.2. The summed E-state index contributed by atoms with van der Waals surface area (Å²) in [7, 11) is 2.02. The average molecular weight is 278 g/mol. The molecule has 1 aliphatic heterocycles. The summed E-state index contributed by atoms with van der Waals surface area (Å²) >= 11 is 0. The number of amides is 1. The van der Waals surface area contributed by atoms with Crippen LogP contribution in [0.1, 0.15) is 37.7 Å². The van der Waals surface area contributed by atoms with Crippen molar-refractivity contribution >= 4 is 5.91 Å². The number of nitrogens with zero attached hydrogens (tertiary/aromatic N) is 3. The molecule has 0 aliphatic carbocycles. The number of carbonyl (C=O) groups is 1. The van der Waals surface area contributed by atoms with Crippen LogP contribution in [0.5, 0.6) is 0 Å². The van der Waals surface area contributed by atoms with Crippen molar-refractivity contribution in [1.29, 1.82) is 0 Å². The second kappa shape index (κ2) is 6.39. The molecule has 1 aliphatic rings. The molecule has 1 saturated heterocycles. The van der Waals surface area contributed by atoms with Gasteiger partial charge in [0.05, 0.1) is 11.6 Å². The first-order valence-corrected chi connectivity index (χ1v) is 7.64. The molecule has 20 heavy (non-hydrogen) atoms. The van der Waals surface area contributed by atoms with E-state index in [1.54, 1.807) is 0 Å². The molecule has 0 radical (unpaired) electrons. The lowest BCUT2D eigenvalue weighted by molar-refractivity contribution is -0.130. The first kappa shape index (κ1) is 15.0. The van der Waals surface area contributed by atoms with Crippen molar-refractivity contribution < 1.29 is 4.79 Å². The monoisotopic (exact) mass is 278 g/mol. The molecule has 5 nitrogen and oxygen atoms in total. The van der Waals surface area contributed by atoms with Crippen molar-refractivity contribution in [1.82, 2.24) is 20.0 Å². The maximum absolute atomic E-state index is 11.7. The summed E-state index contributed by atoms with van der Waals surface area (Å²) in [6, 6.07) is 0. The molecule has 1 aromatic rings. The van der Waals surface area contributed by atoms with Gasteiger partial charge in [0.1, 0.15) is 0 Å². The largest absolute Gasteiger partial charge is 0.356 e. The van der Waals surface area contributed by atoms with E-state index in [1.165, 1.54) is 17.0 Å². The fraction of sp³-hybridized carbons (Fsp3) is 0.733. The van der Waals surface area contributed by atoms with Gasteiger partial charge in [-0.3, -0.25) is 14.4 Å². The summed E-state index contributed by atoms with van der Waals surface area (Å²) in [5.74, 6) is 0.364. The van der Waals surface area contributed by atoms with Crippen LogP contribution in [0.4, 0.5) is 0 Å². The lowest BCUT2D eigenvalue weighted by atomic mass is 9.97. The molecule has 0 aromatic carbocycles. The molecule has 5 heteroatoms. The van der Waals surface area contributed by atoms with E-state index in [2.05, 4.69) is 29.2 Å². The molecule has 0 bridgehead atoms. The minimum atomic E-state index is 0.168. The maximum Gasteiger partial charge on any atom is 0.225 e. The standard InChI is InChI=1S/C15H26N4O/c1-5-13-12(14(6-2)18(4)17-13)10-19-8-11(9-19)15(20)16-7-3/h11H,5-10H2,1-4H3,(H,16,20). The second-order valence-corrected chi connectivity index (χ2v) is 5.49. The SMILES string of the molecule is CCNC(=O)C1CN(Cc2c(CC)nn(C)c2CC)C1. The summed E-state index contributed by atoms with van der Waals surface area (Å²) in [5.41, 5.74) is 3.89. The molecule has 1 fully saturated rings. The molecule has 0 saturated carbocycles. The van der Waals surface area contributed by atoms with Crippen molar-refractivity contribution in [2.45, 2.75) is 40.2 Å². The molecule has 2 rings (SSSR count). The molecule has 0 spiro atoms. The Kier molecular flexibility index (Phi) is 4.81. The first-order chi connectivity index (χ1) is 9.60. The van der Waals surface area contributed by atoms with Crippen molar-refractivity contribution in [3.8, 4) is 0 Å². The van der Waals surface area contributed by atoms with Gasteiger partial charge in [0.25, 0.3) is 0 Å². The van der Waals surface area contributed by atoms with Gasteiger partial charge in [0.15, 0.2) is 0 Å². The van der Waals surface area contributed by atoms with Gasteiger partial charge >= 0.3 is 0 Å². The molecule has 0 atom stereocenters. The lowest BCUT2D eigenvalue weighted by Crippen LogP contribution is -2.53. The number of rotatable bonds is 6. The zero-order valence-corrected chi connectivity index (χ0v) is 13.1. The van der Waals surface area contributed by atoms with Crippen LogP contribution < -0.4 is 5.32 Å². The van der Waals surface area contributed by atoms with Crippen molar-refractivity contribution in [2.75, 3.05) is 19.6 Å². The molecule has 1 amide bonds. The number of carbonyl (C=O) groups excluding carboxylic acids is 1. The summed E-state index contributed by atoms with van der Waals surface area (Å²) in [6.07, 6.45) is 1.98. The quantitative estimate of drug-likeness (QED) is 0.848. The summed E-state index contributed by atoms with van der Waals surface area (Å²) in [4.78, 5) is 14.1. The first-order valence-electron chi connectivity index (χ1n) is 7.64. The van der Waals surface area contributed by atoms with E-state index in [0.717, 1.165) is 39.0 Å². The second-order valence-electron chi connectivity index (χ2n) is 5.49. The smallest absolute Gasteiger partial charge is 0.225 e. The number of aryl methyl sites for hydroxylation is 2. The molecule has 1 N–H and O–H groups in total. The van der Waals surface area contributed by atoms with Gasteiger partial charge in [-0.25, -0.2) is 0 Å². The third kappa shape index (κ3) is 2.87. The van der Waals surface area contributed by atoms with Crippen LogP contribution in [-0.4, -0.2) is 40.2 Å². The normalized spacial score (nSPS) is 16.2. The number of likely N-dealkylation sites (tertiary alicyclic amines) is 1. The lowest BCUT2D eigenvalue weighted by Gasteiger charge is -2.38. The van der Waals surface area contributed by atoms with Gasteiger partial charge in [-0.15, -0.1) is 0 Å². The predicted molar refractivity (Wildman–Crippen MR) is 79.4 cm³/mol. The van der Waals surface area contributed by atoms with Crippen molar-refractivity contribution in [3.05, 3.63) is 17.0 Å². The van der Waals surface area contributed by atoms with E-state index in [4.69, 9.17) is 0 Å². The highest BCUT2D eigenvalue weighted by Gasteiger charge is 2.33. The van der Waals surface area contributed by atoms with Crippen molar-refractivity contribution in [2.24, 2.45) is 13.0 Å². The van der Waals surface area contributed by atoms with Crippen LogP contribution in [-0.2, 0) is 31.2 Å². The minimum absolute atomic E-state index is 0.168. The summed E-state index contributed by atoms with van der Waals surface area (Å²) in [5, 5.41) is 7.50. The summed E-state index contributed by atoms with van der Waals surface area (Å²) < 4.78 is 2.01.